The highest BCUT2D eigenvalue weighted by Gasteiger charge is 2.31. The van der Waals surface area contributed by atoms with Gasteiger partial charge >= 0.3 is 0 Å². The molecule has 106 valence electrons. The highest BCUT2D eigenvalue weighted by molar-refractivity contribution is 5.48. The second-order valence-corrected chi connectivity index (χ2v) is 6.05. The Hall–Kier alpha value is -1.09. The first kappa shape index (κ1) is 14.3. The molecule has 3 nitrogen and oxygen atoms in total. The van der Waals surface area contributed by atoms with Crippen LogP contribution in [0.25, 0.3) is 0 Å². The van der Waals surface area contributed by atoms with Gasteiger partial charge in [-0.05, 0) is 56.6 Å². The average Bonchev–Trinajstić information content (AvgIpc) is 3.21. The zero-order chi connectivity index (χ0) is 14.0. The minimum Gasteiger partial charge on any atom is -0.356 e. The lowest BCUT2D eigenvalue weighted by molar-refractivity contribution is 0.601. The Morgan fingerprint density at radius 1 is 1.47 bits per heavy atom. The van der Waals surface area contributed by atoms with E-state index in [1.807, 2.05) is 6.20 Å². The molecule has 1 aliphatic carbocycles. The molecule has 0 bridgehead atoms. The maximum absolute atomic E-state index is 6.01. The molecule has 19 heavy (non-hydrogen) atoms. The summed E-state index contributed by atoms with van der Waals surface area (Å²) in [5.74, 6) is 1.98. The van der Waals surface area contributed by atoms with E-state index in [0.29, 0.717) is 6.04 Å². The zero-order valence-corrected chi connectivity index (χ0v) is 12.7. The van der Waals surface area contributed by atoms with Gasteiger partial charge in [0, 0.05) is 25.3 Å². The monoisotopic (exact) mass is 261 g/mol. The summed E-state index contributed by atoms with van der Waals surface area (Å²) in [6, 6.07) is 3.08. The Bertz CT molecular complexity index is 426. The fraction of sp³-hybridized carbons (Fsp3) is 0.688. The normalized spacial score (nSPS) is 18.2. The van der Waals surface area contributed by atoms with E-state index in [-0.39, 0.29) is 6.04 Å². The van der Waals surface area contributed by atoms with Crippen molar-refractivity contribution < 1.29 is 0 Å². The fourth-order valence-electron chi connectivity index (χ4n) is 2.64. The molecule has 0 saturated heterocycles. The standard InChI is InChI=1S/C16H27N3/c1-5-15(17)9-13-8-11(2)16(18-10-13)19(4)12(3)14-6-7-14/h8,10,12,14-15H,5-7,9,17H2,1-4H3. The van der Waals surface area contributed by atoms with E-state index in [1.54, 1.807) is 0 Å². The predicted octanol–water partition coefficient (Wildman–Crippen LogP) is 2.90. The summed E-state index contributed by atoms with van der Waals surface area (Å²) in [4.78, 5) is 7.00. The topological polar surface area (TPSA) is 42.1 Å². The van der Waals surface area contributed by atoms with Gasteiger partial charge in [-0.25, -0.2) is 4.98 Å². The SMILES string of the molecule is CCC(N)Cc1cnc(N(C)C(C)C2CC2)c(C)c1. The van der Waals surface area contributed by atoms with Gasteiger partial charge in [0.1, 0.15) is 5.82 Å². The smallest absolute Gasteiger partial charge is 0.131 e. The summed E-state index contributed by atoms with van der Waals surface area (Å²) in [6.07, 6.45) is 6.67. The van der Waals surface area contributed by atoms with Gasteiger partial charge in [-0.15, -0.1) is 0 Å². The molecule has 1 fully saturated rings. The number of pyridine rings is 1. The first-order valence-corrected chi connectivity index (χ1v) is 7.46. The Morgan fingerprint density at radius 3 is 2.68 bits per heavy atom. The number of aryl methyl sites for hydroxylation is 1. The minimum atomic E-state index is 0.246. The van der Waals surface area contributed by atoms with Crippen LogP contribution in [0.3, 0.4) is 0 Å². The minimum absolute atomic E-state index is 0.246. The zero-order valence-electron chi connectivity index (χ0n) is 12.7. The van der Waals surface area contributed by atoms with Gasteiger partial charge in [-0.2, -0.15) is 0 Å². The quantitative estimate of drug-likeness (QED) is 0.856. The van der Waals surface area contributed by atoms with Crippen LogP contribution in [-0.4, -0.2) is 24.1 Å². The predicted molar refractivity (Wildman–Crippen MR) is 81.5 cm³/mol. The Balaban J connectivity index is 2.09. The summed E-state index contributed by atoms with van der Waals surface area (Å²) >= 11 is 0. The summed E-state index contributed by atoms with van der Waals surface area (Å²) in [5.41, 5.74) is 8.52. The largest absolute Gasteiger partial charge is 0.356 e. The fourth-order valence-corrected chi connectivity index (χ4v) is 2.64. The van der Waals surface area contributed by atoms with Crippen molar-refractivity contribution in [1.82, 2.24) is 4.98 Å². The molecule has 0 aliphatic heterocycles. The Kier molecular flexibility index (Phi) is 4.46. The highest BCUT2D eigenvalue weighted by Crippen LogP contribution is 2.36. The first-order chi connectivity index (χ1) is 9.02. The van der Waals surface area contributed by atoms with E-state index in [1.165, 1.54) is 24.0 Å². The van der Waals surface area contributed by atoms with E-state index in [9.17, 15) is 0 Å². The van der Waals surface area contributed by atoms with E-state index >= 15 is 0 Å². The molecule has 0 aromatic carbocycles. The van der Waals surface area contributed by atoms with Crippen molar-refractivity contribution in [3.05, 3.63) is 23.4 Å². The van der Waals surface area contributed by atoms with Gasteiger partial charge in [-0.1, -0.05) is 13.0 Å². The van der Waals surface area contributed by atoms with Gasteiger partial charge in [0.25, 0.3) is 0 Å². The molecule has 1 aromatic rings. The van der Waals surface area contributed by atoms with E-state index < -0.39 is 0 Å². The van der Waals surface area contributed by atoms with Gasteiger partial charge in [0.2, 0.25) is 0 Å². The van der Waals surface area contributed by atoms with E-state index in [4.69, 9.17) is 5.73 Å². The lowest BCUT2D eigenvalue weighted by Gasteiger charge is -2.27. The number of nitrogens with zero attached hydrogens (tertiary/aromatic N) is 2. The lowest BCUT2D eigenvalue weighted by atomic mass is 10.0. The Labute approximate surface area is 117 Å². The number of hydrogen-bond donors (Lipinski definition) is 1. The van der Waals surface area contributed by atoms with E-state index in [2.05, 4.69) is 43.8 Å². The van der Waals surface area contributed by atoms with Crippen LogP contribution in [0.15, 0.2) is 12.3 Å². The maximum atomic E-state index is 6.01. The molecule has 1 aromatic heterocycles. The van der Waals surface area contributed by atoms with Crippen molar-refractivity contribution in [2.45, 2.75) is 58.5 Å². The van der Waals surface area contributed by atoms with Gasteiger partial charge in [0.15, 0.2) is 0 Å². The third kappa shape index (κ3) is 3.47. The van der Waals surface area contributed by atoms with Crippen LogP contribution in [0.4, 0.5) is 5.82 Å². The van der Waals surface area contributed by atoms with Crippen molar-refractivity contribution in [1.29, 1.82) is 0 Å². The molecule has 2 atom stereocenters. The number of hydrogen-bond acceptors (Lipinski definition) is 3. The number of aromatic nitrogens is 1. The van der Waals surface area contributed by atoms with Crippen LogP contribution in [0.1, 0.15) is 44.2 Å². The van der Waals surface area contributed by atoms with Crippen LogP contribution < -0.4 is 10.6 Å². The van der Waals surface area contributed by atoms with Crippen LogP contribution >= 0.6 is 0 Å². The lowest BCUT2D eigenvalue weighted by Crippen LogP contribution is -2.32. The average molecular weight is 261 g/mol. The van der Waals surface area contributed by atoms with Crippen LogP contribution in [0.5, 0.6) is 0 Å². The van der Waals surface area contributed by atoms with Gasteiger partial charge in [0.05, 0.1) is 0 Å². The molecule has 1 aliphatic rings. The van der Waals surface area contributed by atoms with Crippen LogP contribution in [0, 0.1) is 12.8 Å². The maximum Gasteiger partial charge on any atom is 0.131 e. The number of rotatable bonds is 6. The molecule has 0 amide bonds. The number of anilines is 1. The summed E-state index contributed by atoms with van der Waals surface area (Å²) in [7, 11) is 2.16. The second kappa shape index (κ2) is 5.91. The van der Waals surface area contributed by atoms with Crippen molar-refractivity contribution >= 4 is 5.82 Å². The van der Waals surface area contributed by atoms with Crippen LogP contribution in [0.2, 0.25) is 0 Å². The van der Waals surface area contributed by atoms with Crippen molar-refractivity contribution in [2.24, 2.45) is 11.7 Å². The van der Waals surface area contributed by atoms with Crippen molar-refractivity contribution in [3.8, 4) is 0 Å². The molecule has 3 heteroatoms. The molecular formula is C16H27N3. The Morgan fingerprint density at radius 2 is 2.16 bits per heavy atom. The summed E-state index contributed by atoms with van der Waals surface area (Å²) in [6.45, 7) is 6.59. The van der Waals surface area contributed by atoms with Crippen LogP contribution in [-0.2, 0) is 6.42 Å². The number of nitrogens with two attached hydrogens (primary N) is 1. The first-order valence-electron chi connectivity index (χ1n) is 7.46. The molecule has 2 unspecified atom stereocenters. The second-order valence-electron chi connectivity index (χ2n) is 6.05. The third-order valence-electron chi connectivity index (χ3n) is 4.38. The van der Waals surface area contributed by atoms with Crippen molar-refractivity contribution in [2.75, 3.05) is 11.9 Å². The third-order valence-corrected chi connectivity index (χ3v) is 4.38. The molecule has 0 spiro atoms. The highest BCUT2D eigenvalue weighted by atomic mass is 15.2. The summed E-state index contributed by atoms with van der Waals surface area (Å²) < 4.78 is 0. The molecule has 2 rings (SSSR count). The van der Waals surface area contributed by atoms with E-state index in [0.717, 1.165) is 24.6 Å². The molecule has 1 saturated carbocycles. The van der Waals surface area contributed by atoms with Crippen molar-refractivity contribution in [3.63, 3.8) is 0 Å². The molecule has 2 N–H and O–H groups in total. The van der Waals surface area contributed by atoms with Gasteiger partial charge < -0.3 is 10.6 Å². The molecule has 1 heterocycles. The van der Waals surface area contributed by atoms with Gasteiger partial charge in [-0.3, -0.25) is 0 Å². The molecule has 0 radical (unpaired) electrons. The molecular weight excluding hydrogens is 234 g/mol. The summed E-state index contributed by atoms with van der Waals surface area (Å²) in [5, 5.41) is 0.